The van der Waals surface area contributed by atoms with Gasteiger partial charge in [0.1, 0.15) is 11.5 Å². The van der Waals surface area contributed by atoms with Gasteiger partial charge in [-0.2, -0.15) is 0 Å². The number of ether oxygens (including phenoxy) is 2. The molecule has 1 N–H and O–H groups in total. The highest BCUT2D eigenvalue weighted by molar-refractivity contribution is 6.51. The van der Waals surface area contributed by atoms with Gasteiger partial charge < -0.3 is 14.6 Å². The predicted molar refractivity (Wildman–Crippen MR) is 145 cm³/mol. The topological polar surface area (TPSA) is 93.1 Å². The van der Waals surface area contributed by atoms with Crippen molar-refractivity contribution < 1.29 is 29.0 Å². The molecular formula is C31H31NO6. The molecule has 38 heavy (non-hydrogen) atoms. The number of ketones is 1. The molecule has 0 aliphatic carbocycles. The Morgan fingerprint density at radius 3 is 2.37 bits per heavy atom. The Hall–Kier alpha value is -4.39. The third kappa shape index (κ3) is 5.05. The summed E-state index contributed by atoms with van der Waals surface area (Å²) in [6.07, 6.45) is 0.679. The molecule has 0 aromatic heterocycles. The number of benzene rings is 3. The molecule has 1 saturated heterocycles. The zero-order valence-corrected chi connectivity index (χ0v) is 21.9. The normalized spacial score (nSPS) is 16.7. The zero-order valence-electron chi connectivity index (χ0n) is 21.9. The number of amides is 1. The van der Waals surface area contributed by atoms with Crippen molar-refractivity contribution in [1.82, 2.24) is 0 Å². The minimum Gasteiger partial charge on any atom is -0.507 e. The van der Waals surface area contributed by atoms with Crippen LogP contribution in [-0.2, 0) is 14.3 Å². The number of carbonyl (C=O) groups is 3. The van der Waals surface area contributed by atoms with Crippen molar-refractivity contribution in [3.63, 3.8) is 0 Å². The summed E-state index contributed by atoms with van der Waals surface area (Å²) in [5.74, 6) is -1.62. The van der Waals surface area contributed by atoms with E-state index in [2.05, 4.69) is 0 Å². The fraction of sp³-hybridized carbons (Fsp3) is 0.258. The van der Waals surface area contributed by atoms with Gasteiger partial charge in [-0.05, 0) is 59.9 Å². The number of methoxy groups -OCH3 is 1. The molecule has 0 radical (unpaired) electrons. The smallest absolute Gasteiger partial charge is 0.338 e. The van der Waals surface area contributed by atoms with E-state index in [9.17, 15) is 19.5 Å². The number of aliphatic hydroxyl groups is 1. The molecule has 0 saturated carbocycles. The molecule has 1 heterocycles. The van der Waals surface area contributed by atoms with Crippen LogP contribution < -0.4 is 9.64 Å². The second kappa shape index (κ2) is 11.3. The highest BCUT2D eigenvalue weighted by Gasteiger charge is 2.47. The van der Waals surface area contributed by atoms with Crippen LogP contribution in [-0.4, -0.2) is 36.5 Å². The van der Waals surface area contributed by atoms with Gasteiger partial charge in [-0.25, -0.2) is 4.79 Å². The molecule has 3 aromatic rings. The quantitative estimate of drug-likeness (QED) is 0.172. The molecule has 1 atom stereocenters. The van der Waals surface area contributed by atoms with Crippen molar-refractivity contribution in [3.05, 3.63) is 101 Å². The lowest BCUT2D eigenvalue weighted by Crippen LogP contribution is -2.29. The van der Waals surface area contributed by atoms with E-state index in [1.54, 1.807) is 67.8 Å². The highest BCUT2D eigenvalue weighted by atomic mass is 16.5. The van der Waals surface area contributed by atoms with Gasteiger partial charge in [0.15, 0.2) is 0 Å². The summed E-state index contributed by atoms with van der Waals surface area (Å²) in [7, 11) is 1.58. The van der Waals surface area contributed by atoms with Gasteiger partial charge >= 0.3 is 5.97 Å². The first kappa shape index (κ1) is 26.7. The summed E-state index contributed by atoms with van der Waals surface area (Å²) in [6, 6.07) is 19.7. The van der Waals surface area contributed by atoms with Crippen molar-refractivity contribution in [2.45, 2.75) is 39.2 Å². The first-order valence-electron chi connectivity index (χ1n) is 12.6. The number of hydrogen-bond acceptors (Lipinski definition) is 6. The van der Waals surface area contributed by atoms with E-state index in [0.717, 1.165) is 5.56 Å². The molecule has 7 nitrogen and oxygen atoms in total. The number of esters is 1. The van der Waals surface area contributed by atoms with E-state index in [1.165, 1.54) is 11.0 Å². The van der Waals surface area contributed by atoms with Gasteiger partial charge in [0.2, 0.25) is 0 Å². The molecule has 3 aromatic carbocycles. The highest BCUT2D eigenvalue weighted by Crippen LogP contribution is 2.43. The molecule has 4 rings (SSSR count). The lowest BCUT2D eigenvalue weighted by molar-refractivity contribution is -0.132. The number of hydrogen-bond donors (Lipinski definition) is 1. The van der Waals surface area contributed by atoms with Crippen molar-refractivity contribution in [1.29, 1.82) is 0 Å². The fourth-order valence-corrected chi connectivity index (χ4v) is 4.60. The van der Waals surface area contributed by atoms with Crippen LogP contribution in [0.2, 0.25) is 0 Å². The predicted octanol–water partition coefficient (Wildman–Crippen LogP) is 6.01. The van der Waals surface area contributed by atoms with Crippen LogP contribution in [0.4, 0.5) is 5.69 Å². The Labute approximate surface area is 222 Å². The Bertz CT molecular complexity index is 1390. The van der Waals surface area contributed by atoms with Crippen LogP contribution in [0.5, 0.6) is 5.75 Å². The van der Waals surface area contributed by atoms with E-state index in [1.807, 2.05) is 26.8 Å². The molecular weight excluding hydrogens is 482 g/mol. The third-order valence-corrected chi connectivity index (χ3v) is 6.48. The zero-order chi connectivity index (χ0) is 27.4. The third-order valence-electron chi connectivity index (χ3n) is 6.48. The van der Waals surface area contributed by atoms with Crippen molar-refractivity contribution >= 4 is 29.1 Å². The van der Waals surface area contributed by atoms with E-state index in [4.69, 9.17) is 9.47 Å². The van der Waals surface area contributed by atoms with Crippen LogP contribution in [0.3, 0.4) is 0 Å². The molecule has 7 heteroatoms. The first-order chi connectivity index (χ1) is 18.3. The first-order valence-corrected chi connectivity index (χ1v) is 12.6. The van der Waals surface area contributed by atoms with Crippen LogP contribution in [0.15, 0.2) is 78.4 Å². The van der Waals surface area contributed by atoms with Crippen LogP contribution in [0.25, 0.3) is 5.76 Å². The van der Waals surface area contributed by atoms with Gasteiger partial charge in [0, 0.05) is 11.3 Å². The standard InChI is InChI=1S/C31H31NO6/c1-5-16-38-31(36)22-12-9-13-23(17-22)32-27(20-10-7-6-8-11-20)26(29(34)30(32)35)28(33)21-14-15-25(37-4)24(18-21)19(2)3/h6-15,17-19,27,33H,5,16H2,1-4H3/b28-26-. The lowest BCUT2D eigenvalue weighted by atomic mass is 9.93. The minimum absolute atomic E-state index is 0.0277. The summed E-state index contributed by atoms with van der Waals surface area (Å²) >= 11 is 0. The van der Waals surface area contributed by atoms with E-state index >= 15 is 0 Å². The maximum Gasteiger partial charge on any atom is 0.338 e. The maximum atomic E-state index is 13.5. The molecule has 0 spiro atoms. The Morgan fingerprint density at radius 2 is 1.71 bits per heavy atom. The molecule has 1 unspecified atom stereocenters. The van der Waals surface area contributed by atoms with E-state index in [-0.39, 0.29) is 29.4 Å². The largest absolute Gasteiger partial charge is 0.507 e. The summed E-state index contributed by atoms with van der Waals surface area (Å²) < 4.78 is 10.7. The van der Waals surface area contributed by atoms with Crippen molar-refractivity contribution in [2.24, 2.45) is 0 Å². The number of rotatable bonds is 8. The Balaban J connectivity index is 1.88. The van der Waals surface area contributed by atoms with Gasteiger partial charge in [-0.15, -0.1) is 0 Å². The summed E-state index contributed by atoms with van der Waals surface area (Å²) in [6.45, 7) is 6.18. The van der Waals surface area contributed by atoms with Crippen LogP contribution >= 0.6 is 0 Å². The van der Waals surface area contributed by atoms with Gasteiger partial charge in [-0.1, -0.05) is 57.2 Å². The maximum absolute atomic E-state index is 13.5. The molecule has 0 bridgehead atoms. The summed E-state index contributed by atoms with van der Waals surface area (Å²) in [4.78, 5) is 40.8. The average molecular weight is 514 g/mol. The van der Waals surface area contributed by atoms with Gasteiger partial charge in [0.05, 0.1) is 30.9 Å². The second-order valence-corrected chi connectivity index (χ2v) is 9.38. The lowest BCUT2D eigenvalue weighted by Gasteiger charge is -2.26. The molecule has 1 fully saturated rings. The Morgan fingerprint density at radius 1 is 0.974 bits per heavy atom. The minimum atomic E-state index is -0.900. The van der Waals surface area contributed by atoms with Gasteiger partial charge in [-0.3, -0.25) is 14.5 Å². The van der Waals surface area contributed by atoms with E-state index in [0.29, 0.717) is 29.0 Å². The number of carbonyl (C=O) groups excluding carboxylic acids is 3. The molecule has 1 amide bonds. The number of Topliss-reactive ketones (excluding diaryl/α,β-unsaturated/α-hetero) is 1. The van der Waals surface area contributed by atoms with E-state index < -0.39 is 23.7 Å². The fourth-order valence-electron chi connectivity index (χ4n) is 4.60. The average Bonchev–Trinajstić information content (AvgIpc) is 3.21. The SMILES string of the molecule is CCCOC(=O)c1cccc(N2C(=O)C(=O)/C(=C(\O)c3ccc(OC)c(C(C)C)c3)C2c2ccccc2)c1. The number of aliphatic hydroxyl groups excluding tert-OH is 1. The monoisotopic (exact) mass is 513 g/mol. The van der Waals surface area contributed by atoms with Crippen LogP contribution in [0.1, 0.15) is 66.2 Å². The summed E-state index contributed by atoms with van der Waals surface area (Å²) in [5, 5.41) is 11.5. The van der Waals surface area contributed by atoms with Crippen molar-refractivity contribution in [2.75, 3.05) is 18.6 Å². The molecule has 196 valence electrons. The summed E-state index contributed by atoms with van der Waals surface area (Å²) in [5.41, 5.74) is 2.50. The van der Waals surface area contributed by atoms with Crippen LogP contribution in [0, 0.1) is 0 Å². The second-order valence-electron chi connectivity index (χ2n) is 9.38. The van der Waals surface area contributed by atoms with Crippen molar-refractivity contribution in [3.8, 4) is 5.75 Å². The molecule has 1 aliphatic rings. The van der Waals surface area contributed by atoms with Gasteiger partial charge in [0.25, 0.3) is 11.7 Å². The Kier molecular flexibility index (Phi) is 7.96. The molecule has 1 aliphatic heterocycles. The number of nitrogens with zero attached hydrogens (tertiary/aromatic N) is 1. The number of anilines is 1.